The molecule has 1 N–H and O–H groups in total. The van der Waals surface area contributed by atoms with Crippen molar-refractivity contribution in [3.8, 4) is 0 Å². The van der Waals surface area contributed by atoms with Crippen LogP contribution >= 0.6 is 0 Å². The molecule has 2 rings (SSSR count). The van der Waals surface area contributed by atoms with Crippen LogP contribution in [0.15, 0.2) is 0 Å². The number of piperidine rings is 1. The summed E-state index contributed by atoms with van der Waals surface area (Å²) in [6.45, 7) is 13.4. The maximum atomic E-state index is 3.92. The molecule has 1 saturated heterocycles. The highest BCUT2D eigenvalue weighted by atomic mass is 15.1. The second kappa shape index (κ2) is 5.92. The van der Waals surface area contributed by atoms with E-state index >= 15 is 0 Å². The molecule has 0 spiro atoms. The fourth-order valence-electron chi connectivity index (χ4n) is 3.86. The molecule has 1 saturated carbocycles. The third-order valence-electron chi connectivity index (χ3n) is 5.25. The van der Waals surface area contributed by atoms with Gasteiger partial charge >= 0.3 is 0 Å². The van der Waals surface area contributed by atoms with Gasteiger partial charge in [-0.25, -0.2) is 0 Å². The van der Waals surface area contributed by atoms with E-state index in [2.05, 4.69) is 37.9 Å². The Kier molecular flexibility index (Phi) is 4.71. The van der Waals surface area contributed by atoms with Crippen molar-refractivity contribution < 1.29 is 0 Å². The summed E-state index contributed by atoms with van der Waals surface area (Å²) in [5, 5.41) is 3.92. The number of rotatable bonds is 4. The van der Waals surface area contributed by atoms with Crippen molar-refractivity contribution in [1.82, 2.24) is 10.2 Å². The maximum absolute atomic E-state index is 3.92. The lowest BCUT2D eigenvalue weighted by atomic mass is 9.89. The Balaban J connectivity index is 1.74. The molecule has 0 bridgehead atoms. The summed E-state index contributed by atoms with van der Waals surface area (Å²) >= 11 is 0. The van der Waals surface area contributed by atoms with Gasteiger partial charge in [-0.1, -0.05) is 20.8 Å². The van der Waals surface area contributed by atoms with E-state index in [1.807, 2.05) is 0 Å². The first-order valence-electron chi connectivity index (χ1n) is 7.98. The third-order valence-corrected chi connectivity index (χ3v) is 5.25. The van der Waals surface area contributed by atoms with Crippen molar-refractivity contribution in [3.05, 3.63) is 0 Å². The Morgan fingerprint density at radius 1 is 1.22 bits per heavy atom. The highest BCUT2D eigenvalue weighted by Crippen LogP contribution is 2.37. The Bertz CT molecular complexity index is 254. The molecule has 1 heterocycles. The molecule has 2 heteroatoms. The van der Waals surface area contributed by atoms with Gasteiger partial charge in [-0.3, -0.25) is 0 Å². The molecule has 0 aromatic carbocycles. The normalized spacial score (nSPS) is 31.7. The lowest BCUT2D eigenvalue weighted by Crippen LogP contribution is -2.45. The van der Waals surface area contributed by atoms with Crippen LogP contribution < -0.4 is 5.32 Å². The van der Waals surface area contributed by atoms with Gasteiger partial charge in [0, 0.05) is 12.1 Å². The minimum absolute atomic E-state index is 0.572. The SMILES string of the molecule is CCN1CCC(C(C)NC2CCC(C)(C)C2)CC1. The van der Waals surface area contributed by atoms with E-state index in [1.54, 1.807) is 0 Å². The molecule has 1 aliphatic carbocycles. The third kappa shape index (κ3) is 3.71. The summed E-state index contributed by atoms with van der Waals surface area (Å²) in [5.41, 5.74) is 0.572. The quantitative estimate of drug-likeness (QED) is 0.826. The van der Waals surface area contributed by atoms with E-state index in [0.717, 1.165) is 12.0 Å². The van der Waals surface area contributed by atoms with Crippen LogP contribution in [0, 0.1) is 11.3 Å². The van der Waals surface area contributed by atoms with Gasteiger partial charge in [0.05, 0.1) is 0 Å². The van der Waals surface area contributed by atoms with Crippen LogP contribution in [-0.4, -0.2) is 36.6 Å². The second-order valence-electron chi connectivity index (χ2n) is 7.33. The number of nitrogens with zero attached hydrogens (tertiary/aromatic N) is 1. The topological polar surface area (TPSA) is 15.3 Å². The van der Waals surface area contributed by atoms with Crippen molar-refractivity contribution in [2.24, 2.45) is 11.3 Å². The summed E-state index contributed by atoms with van der Waals surface area (Å²) in [4.78, 5) is 2.59. The van der Waals surface area contributed by atoms with Gasteiger partial charge in [-0.2, -0.15) is 0 Å². The van der Waals surface area contributed by atoms with Crippen LogP contribution in [0.5, 0.6) is 0 Å². The average Bonchev–Trinajstić information content (AvgIpc) is 2.68. The molecule has 1 aliphatic heterocycles. The van der Waals surface area contributed by atoms with Gasteiger partial charge in [0.25, 0.3) is 0 Å². The van der Waals surface area contributed by atoms with Gasteiger partial charge in [-0.05, 0) is 70.0 Å². The summed E-state index contributed by atoms with van der Waals surface area (Å²) in [6.07, 6.45) is 6.91. The molecule has 106 valence electrons. The zero-order valence-corrected chi connectivity index (χ0v) is 12.8. The number of nitrogens with one attached hydrogen (secondary N) is 1. The number of hydrogen-bond acceptors (Lipinski definition) is 2. The molecule has 0 amide bonds. The van der Waals surface area contributed by atoms with Crippen molar-refractivity contribution in [3.63, 3.8) is 0 Å². The Labute approximate surface area is 114 Å². The largest absolute Gasteiger partial charge is 0.311 e. The summed E-state index contributed by atoms with van der Waals surface area (Å²) in [5.74, 6) is 0.900. The Morgan fingerprint density at radius 2 is 1.89 bits per heavy atom. The average molecular weight is 252 g/mol. The molecule has 2 nitrogen and oxygen atoms in total. The molecule has 2 atom stereocenters. The smallest absolute Gasteiger partial charge is 0.00749 e. The number of likely N-dealkylation sites (tertiary alicyclic amines) is 1. The second-order valence-corrected chi connectivity index (χ2v) is 7.33. The number of hydrogen-bond donors (Lipinski definition) is 1. The molecular formula is C16H32N2. The fourth-order valence-corrected chi connectivity index (χ4v) is 3.86. The van der Waals surface area contributed by atoms with Gasteiger partial charge in [0.1, 0.15) is 0 Å². The molecule has 2 unspecified atom stereocenters. The summed E-state index contributed by atoms with van der Waals surface area (Å²) < 4.78 is 0. The molecular weight excluding hydrogens is 220 g/mol. The Hall–Kier alpha value is -0.0800. The predicted octanol–water partition coefficient (Wildman–Crippen LogP) is 3.28. The van der Waals surface area contributed by atoms with E-state index in [4.69, 9.17) is 0 Å². The van der Waals surface area contributed by atoms with Crippen molar-refractivity contribution in [1.29, 1.82) is 0 Å². The zero-order chi connectivity index (χ0) is 13.2. The van der Waals surface area contributed by atoms with Crippen molar-refractivity contribution >= 4 is 0 Å². The summed E-state index contributed by atoms with van der Waals surface area (Å²) in [6, 6.07) is 1.49. The predicted molar refractivity (Wildman–Crippen MR) is 78.9 cm³/mol. The molecule has 0 aromatic heterocycles. The molecule has 2 fully saturated rings. The zero-order valence-electron chi connectivity index (χ0n) is 12.8. The lowest BCUT2D eigenvalue weighted by molar-refractivity contribution is 0.163. The van der Waals surface area contributed by atoms with Crippen LogP contribution in [0.2, 0.25) is 0 Å². The van der Waals surface area contributed by atoms with Gasteiger partial charge in [0.2, 0.25) is 0 Å². The van der Waals surface area contributed by atoms with Crippen molar-refractivity contribution in [2.45, 2.75) is 71.9 Å². The Morgan fingerprint density at radius 3 is 2.39 bits per heavy atom. The van der Waals surface area contributed by atoms with Gasteiger partial charge in [0.15, 0.2) is 0 Å². The van der Waals surface area contributed by atoms with E-state index in [-0.39, 0.29) is 0 Å². The maximum Gasteiger partial charge on any atom is 0.00749 e. The molecule has 2 aliphatic rings. The standard InChI is InChI=1S/C16H32N2/c1-5-18-10-7-14(8-11-18)13(2)17-15-6-9-16(3,4)12-15/h13-15,17H,5-12H2,1-4H3. The van der Waals surface area contributed by atoms with Gasteiger partial charge < -0.3 is 10.2 Å². The van der Waals surface area contributed by atoms with Gasteiger partial charge in [-0.15, -0.1) is 0 Å². The monoisotopic (exact) mass is 252 g/mol. The minimum Gasteiger partial charge on any atom is -0.311 e. The molecule has 0 radical (unpaired) electrons. The fraction of sp³-hybridized carbons (Fsp3) is 1.00. The minimum atomic E-state index is 0.572. The highest BCUT2D eigenvalue weighted by molar-refractivity contribution is 4.89. The van der Waals surface area contributed by atoms with Crippen LogP contribution in [0.3, 0.4) is 0 Å². The molecule has 0 aromatic rings. The first kappa shape index (κ1) is 14.3. The summed E-state index contributed by atoms with van der Waals surface area (Å²) in [7, 11) is 0. The van der Waals surface area contributed by atoms with Crippen LogP contribution in [0.4, 0.5) is 0 Å². The van der Waals surface area contributed by atoms with E-state index < -0.39 is 0 Å². The highest BCUT2D eigenvalue weighted by Gasteiger charge is 2.33. The molecule has 18 heavy (non-hydrogen) atoms. The van der Waals surface area contributed by atoms with Crippen LogP contribution in [0.25, 0.3) is 0 Å². The van der Waals surface area contributed by atoms with E-state index in [0.29, 0.717) is 11.5 Å². The van der Waals surface area contributed by atoms with Crippen LogP contribution in [0.1, 0.15) is 59.8 Å². The van der Waals surface area contributed by atoms with E-state index in [1.165, 1.54) is 51.7 Å². The van der Waals surface area contributed by atoms with Crippen molar-refractivity contribution in [2.75, 3.05) is 19.6 Å². The first-order chi connectivity index (χ1) is 8.50. The first-order valence-corrected chi connectivity index (χ1v) is 7.98. The van der Waals surface area contributed by atoms with E-state index in [9.17, 15) is 0 Å². The lowest BCUT2D eigenvalue weighted by Gasteiger charge is -2.35. The van der Waals surface area contributed by atoms with Crippen LogP contribution in [-0.2, 0) is 0 Å².